The molecule has 0 aromatic carbocycles. The van der Waals surface area contributed by atoms with Crippen LogP contribution in [0.3, 0.4) is 0 Å². The largest absolute Gasteiger partial charge is 0.444 e. The second-order valence-corrected chi connectivity index (χ2v) is 7.93. The highest BCUT2D eigenvalue weighted by molar-refractivity contribution is 7.99. The summed E-state index contributed by atoms with van der Waals surface area (Å²) in [5.41, 5.74) is 0.831. The SMILES string of the molecule is Cc1ccnc(SCC2CCN(C(=O)OC(C)(C)C)CC2)c1. The maximum absolute atomic E-state index is 12.0. The van der Waals surface area contributed by atoms with E-state index in [1.54, 1.807) is 0 Å². The number of thioether (sulfide) groups is 1. The summed E-state index contributed by atoms with van der Waals surface area (Å²) in [4.78, 5) is 18.2. The number of hydrogen-bond acceptors (Lipinski definition) is 4. The highest BCUT2D eigenvalue weighted by Crippen LogP contribution is 2.26. The van der Waals surface area contributed by atoms with Gasteiger partial charge in [-0.3, -0.25) is 0 Å². The number of aromatic nitrogens is 1. The third-order valence-electron chi connectivity index (χ3n) is 3.62. The lowest BCUT2D eigenvalue weighted by Crippen LogP contribution is -2.42. The van der Waals surface area contributed by atoms with Crippen molar-refractivity contribution in [1.82, 2.24) is 9.88 Å². The standard InChI is InChI=1S/C17H26N2O2S/c1-13-5-8-18-15(11-13)22-12-14-6-9-19(10-7-14)16(20)21-17(2,3)4/h5,8,11,14H,6-7,9-10,12H2,1-4H3. The van der Waals surface area contributed by atoms with Gasteiger partial charge in [0.2, 0.25) is 0 Å². The number of carbonyl (C=O) groups is 1. The summed E-state index contributed by atoms with van der Waals surface area (Å²) in [6.07, 6.45) is 3.76. The van der Waals surface area contributed by atoms with Crippen LogP contribution >= 0.6 is 11.8 Å². The van der Waals surface area contributed by atoms with Gasteiger partial charge in [-0.2, -0.15) is 0 Å². The fraction of sp³-hybridized carbons (Fsp3) is 0.647. The Bertz CT molecular complexity index is 506. The Morgan fingerprint density at radius 1 is 1.41 bits per heavy atom. The summed E-state index contributed by atoms with van der Waals surface area (Å²) in [7, 11) is 0. The summed E-state index contributed by atoms with van der Waals surface area (Å²) < 4.78 is 5.43. The molecule has 1 fully saturated rings. The van der Waals surface area contributed by atoms with Crippen LogP contribution in [0.1, 0.15) is 39.2 Å². The van der Waals surface area contributed by atoms with E-state index in [1.807, 2.05) is 49.7 Å². The van der Waals surface area contributed by atoms with Crippen LogP contribution < -0.4 is 0 Å². The van der Waals surface area contributed by atoms with Gasteiger partial charge in [-0.15, -0.1) is 11.8 Å². The number of hydrogen-bond donors (Lipinski definition) is 0. The molecule has 4 nitrogen and oxygen atoms in total. The van der Waals surface area contributed by atoms with Gasteiger partial charge in [-0.25, -0.2) is 9.78 Å². The van der Waals surface area contributed by atoms with Gasteiger partial charge in [0.25, 0.3) is 0 Å². The number of carbonyl (C=O) groups excluding carboxylic acids is 1. The van der Waals surface area contributed by atoms with Crippen molar-refractivity contribution in [3.05, 3.63) is 23.9 Å². The molecule has 2 heterocycles. The molecule has 0 bridgehead atoms. The summed E-state index contributed by atoms with van der Waals surface area (Å²) in [5, 5.41) is 1.09. The summed E-state index contributed by atoms with van der Waals surface area (Å²) >= 11 is 1.81. The number of rotatable bonds is 3. The molecule has 1 aromatic heterocycles. The lowest BCUT2D eigenvalue weighted by molar-refractivity contribution is 0.0191. The first-order valence-corrected chi connectivity index (χ1v) is 8.85. The molecule has 5 heteroatoms. The van der Waals surface area contributed by atoms with Crippen LogP contribution in [0.5, 0.6) is 0 Å². The van der Waals surface area contributed by atoms with Crippen LogP contribution in [-0.2, 0) is 4.74 Å². The third kappa shape index (κ3) is 5.52. The molecule has 0 aliphatic carbocycles. The zero-order valence-electron chi connectivity index (χ0n) is 14.0. The molecule has 1 saturated heterocycles. The number of piperidine rings is 1. The van der Waals surface area contributed by atoms with Gasteiger partial charge in [-0.05, 0) is 64.2 Å². The third-order valence-corrected chi connectivity index (χ3v) is 4.78. The van der Waals surface area contributed by atoms with Crippen molar-refractivity contribution in [2.45, 2.75) is 51.2 Å². The van der Waals surface area contributed by atoms with E-state index < -0.39 is 5.60 Å². The molecule has 0 spiro atoms. The van der Waals surface area contributed by atoms with Gasteiger partial charge in [-0.1, -0.05) is 0 Å². The van der Waals surface area contributed by atoms with E-state index in [0.29, 0.717) is 5.92 Å². The fourth-order valence-electron chi connectivity index (χ4n) is 2.40. The van der Waals surface area contributed by atoms with Gasteiger partial charge in [0.05, 0.1) is 5.03 Å². The van der Waals surface area contributed by atoms with Crippen LogP contribution in [0.4, 0.5) is 4.79 Å². The van der Waals surface area contributed by atoms with Crippen LogP contribution in [0.2, 0.25) is 0 Å². The van der Waals surface area contributed by atoms with Crippen molar-refractivity contribution in [1.29, 1.82) is 0 Å². The average Bonchev–Trinajstić information content (AvgIpc) is 2.44. The molecule has 0 radical (unpaired) electrons. The van der Waals surface area contributed by atoms with Crippen molar-refractivity contribution < 1.29 is 9.53 Å². The molecule has 0 unspecified atom stereocenters. The molecule has 0 N–H and O–H groups in total. The second-order valence-electron chi connectivity index (χ2n) is 6.89. The monoisotopic (exact) mass is 322 g/mol. The average molecular weight is 322 g/mol. The van der Waals surface area contributed by atoms with Crippen LogP contribution in [0, 0.1) is 12.8 Å². The first kappa shape index (κ1) is 17.1. The Kier molecular flexibility index (Phi) is 5.73. The quantitative estimate of drug-likeness (QED) is 0.785. The normalized spacial score (nSPS) is 16.6. The number of pyridine rings is 1. The van der Waals surface area contributed by atoms with Crippen LogP contribution in [-0.4, -0.2) is 40.4 Å². The molecular formula is C17H26N2O2S. The maximum Gasteiger partial charge on any atom is 0.410 e. The van der Waals surface area contributed by atoms with Crippen LogP contribution in [0.25, 0.3) is 0 Å². The molecular weight excluding hydrogens is 296 g/mol. The molecule has 1 amide bonds. The first-order chi connectivity index (χ1) is 10.3. The predicted octanol–water partition coefficient (Wildman–Crippen LogP) is 4.13. The molecule has 0 saturated carbocycles. The number of ether oxygens (including phenoxy) is 1. The number of likely N-dealkylation sites (tertiary alicyclic amines) is 1. The summed E-state index contributed by atoms with van der Waals surface area (Å²) in [5.74, 6) is 1.71. The molecule has 1 aliphatic heterocycles. The lowest BCUT2D eigenvalue weighted by atomic mass is 9.99. The lowest BCUT2D eigenvalue weighted by Gasteiger charge is -2.33. The molecule has 1 aromatic rings. The van der Waals surface area contributed by atoms with Gasteiger partial charge in [0.15, 0.2) is 0 Å². The summed E-state index contributed by atoms with van der Waals surface area (Å²) in [6, 6.07) is 4.14. The molecule has 1 aliphatic rings. The Morgan fingerprint density at radius 2 is 2.09 bits per heavy atom. The van der Waals surface area contributed by atoms with E-state index in [0.717, 1.165) is 36.7 Å². The predicted molar refractivity (Wildman–Crippen MR) is 90.2 cm³/mol. The van der Waals surface area contributed by atoms with Crippen molar-refractivity contribution >= 4 is 17.9 Å². The van der Waals surface area contributed by atoms with E-state index >= 15 is 0 Å². The molecule has 122 valence electrons. The molecule has 2 rings (SSSR count). The molecule has 0 atom stereocenters. The van der Waals surface area contributed by atoms with Crippen molar-refractivity contribution in [3.8, 4) is 0 Å². The fourth-order valence-corrected chi connectivity index (χ4v) is 3.54. The Hall–Kier alpha value is -1.23. The van der Waals surface area contributed by atoms with E-state index in [-0.39, 0.29) is 6.09 Å². The highest BCUT2D eigenvalue weighted by atomic mass is 32.2. The van der Waals surface area contributed by atoms with E-state index in [9.17, 15) is 4.79 Å². The van der Waals surface area contributed by atoms with Gasteiger partial charge >= 0.3 is 6.09 Å². The second kappa shape index (κ2) is 7.36. The Balaban J connectivity index is 1.74. The van der Waals surface area contributed by atoms with E-state index in [1.165, 1.54) is 5.56 Å². The Morgan fingerprint density at radius 3 is 2.68 bits per heavy atom. The van der Waals surface area contributed by atoms with Gasteiger partial charge in [0.1, 0.15) is 5.60 Å². The summed E-state index contributed by atoms with van der Waals surface area (Å²) in [6.45, 7) is 9.39. The minimum absolute atomic E-state index is 0.182. The molecule has 22 heavy (non-hydrogen) atoms. The first-order valence-electron chi connectivity index (χ1n) is 7.87. The zero-order chi connectivity index (χ0) is 16.2. The zero-order valence-corrected chi connectivity index (χ0v) is 14.8. The number of nitrogens with zero attached hydrogens (tertiary/aromatic N) is 2. The maximum atomic E-state index is 12.0. The smallest absolute Gasteiger partial charge is 0.410 e. The van der Waals surface area contributed by atoms with E-state index in [4.69, 9.17) is 4.74 Å². The van der Waals surface area contributed by atoms with Crippen molar-refractivity contribution in [2.75, 3.05) is 18.8 Å². The van der Waals surface area contributed by atoms with Crippen molar-refractivity contribution in [2.24, 2.45) is 5.92 Å². The highest BCUT2D eigenvalue weighted by Gasteiger charge is 2.26. The topological polar surface area (TPSA) is 42.4 Å². The van der Waals surface area contributed by atoms with Gasteiger partial charge in [0, 0.05) is 25.0 Å². The minimum Gasteiger partial charge on any atom is -0.444 e. The van der Waals surface area contributed by atoms with Crippen LogP contribution in [0.15, 0.2) is 23.4 Å². The number of aryl methyl sites for hydroxylation is 1. The Labute approximate surface area is 137 Å². The van der Waals surface area contributed by atoms with Gasteiger partial charge < -0.3 is 9.64 Å². The minimum atomic E-state index is -0.416. The number of amides is 1. The van der Waals surface area contributed by atoms with E-state index in [2.05, 4.69) is 18.0 Å². The van der Waals surface area contributed by atoms with Crippen molar-refractivity contribution in [3.63, 3.8) is 0 Å².